The van der Waals surface area contributed by atoms with E-state index in [0.29, 0.717) is 5.92 Å². The summed E-state index contributed by atoms with van der Waals surface area (Å²) in [6, 6.07) is 8.41. The summed E-state index contributed by atoms with van der Waals surface area (Å²) in [7, 11) is 0. The summed E-state index contributed by atoms with van der Waals surface area (Å²) in [5.74, 6) is 1.34. The Bertz CT molecular complexity index is 445. The van der Waals surface area contributed by atoms with E-state index in [0.717, 1.165) is 44.5 Å². The molecule has 0 aromatic heterocycles. The van der Waals surface area contributed by atoms with E-state index in [9.17, 15) is 5.11 Å². The highest BCUT2D eigenvalue weighted by Crippen LogP contribution is 2.35. The Balaban J connectivity index is 1.74. The third-order valence-corrected chi connectivity index (χ3v) is 5.22. The summed E-state index contributed by atoms with van der Waals surface area (Å²) in [5, 5.41) is 9.55. The van der Waals surface area contributed by atoms with Gasteiger partial charge in [0.05, 0.1) is 13.2 Å². The Kier molecular flexibility index (Phi) is 7.38. The van der Waals surface area contributed by atoms with E-state index in [1.807, 2.05) is 0 Å². The molecule has 1 fully saturated rings. The molecule has 1 aromatic carbocycles. The van der Waals surface area contributed by atoms with Gasteiger partial charge in [-0.1, -0.05) is 51.2 Å². The Morgan fingerprint density at radius 1 is 1.17 bits per heavy atom. The van der Waals surface area contributed by atoms with E-state index in [-0.39, 0.29) is 12.1 Å². The molecule has 1 aliphatic rings. The first-order chi connectivity index (χ1) is 11.2. The third kappa shape index (κ3) is 5.50. The van der Waals surface area contributed by atoms with Gasteiger partial charge in [-0.2, -0.15) is 0 Å². The van der Waals surface area contributed by atoms with Crippen LogP contribution in [0.1, 0.15) is 63.9 Å². The van der Waals surface area contributed by atoms with Crippen LogP contribution in [0.5, 0.6) is 5.75 Å². The minimum absolute atomic E-state index is 0.0941. The smallest absolute Gasteiger partial charge is 0.119 e. The van der Waals surface area contributed by atoms with Gasteiger partial charge in [-0.05, 0) is 49.3 Å². The maximum absolute atomic E-state index is 9.55. The minimum atomic E-state index is -0.381. The summed E-state index contributed by atoms with van der Waals surface area (Å²) in [6.45, 7) is 3.14. The summed E-state index contributed by atoms with van der Waals surface area (Å²) < 4.78 is 5.81. The Labute approximate surface area is 141 Å². The first-order valence-electron chi connectivity index (χ1n) is 9.29. The molecule has 1 aromatic rings. The number of aliphatic hydroxyl groups excluding tert-OH is 1. The van der Waals surface area contributed by atoms with Crippen LogP contribution in [0, 0.1) is 5.92 Å². The molecule has 0 radical (unpaired) electrons. The van der Waals surface area contributed by atoms with Crippen LogP contribution in [0.25, 0.3) is 0 Å². The van der Waals surface area contributed by atoms with Gasteiger partial charge < -0.3 is 15.6 Å². The molecule has 2 atom stereocenters. The van der Waals surface area contributed by atoms with Crippen molar-refractivity contribution in [2.75, 3.05) is 13.2 Å². The molecule has 0 saturated heterocycles. The van der Waals surface area contributed by atoms with E-state index in [1.165, 1.54) is 31.2 Å². The number of hydrogen-bond acceptors (Lipinski definition) is 3. The van der Waals surface area contributed by atoms with Crippen molar-refractivity contribution in [3.8, 4) is 5.75 Å². The van der Waals surface area contributed by atoms with Gasteiger partial charge in [0.2, 0.25) is 0 Å². The second kappa shape index (κ2) is 9.29. The van der Waals surface area contributed by atoms with Crippen molar-refractivity contribution in [3.63, 3.8) is 0 Å². The molecule has 0 heterocycles. The van der Waals surface area contributed by atoms with Gasteiger partial charge in [-0.15, -0.1) is 0 Å². The largest absolute Gasteiger partial charge is 0.494 e. The van der Waals surface area contributed by atoms with Gasteiger partial charge >= 0.3 is 0 Å². The molecule has 0 spiro atoms. The van der Waals surface area contributed by atoms with Crippen LogP contribution in [0.4, 0.5) is 0 Å². The number of nitrogens with two attached hydrogens (primary N) is 1. The second-order valence-corrected chi connectivity index (χ2v) is 7.09. The van der Waals surface area contributed by atoms with Crippen molar-refractivity contribution in [2.24, 2.45) is 11.7 Å². The number of hydrogen-bond donors (Lipinski definition) is 2. The van der Waals surface area contributed by atoms with Gasteiger partial charge in [-0.25, -0.2) is 0 Å². The summed E-state index contributed by atoms with van der Waals surface area (Å²) in [4.78, 5) is 0. The highest BCUT2D eigenvalue weighted by Gasteiger charge is 2.38. The average molecular weight is 319 g/mol. The fourth-order valence-electron chi connectivity index (χ4n) is 3.58. The van der Waals surface area contributed by atoms with Gasteiger partial charge in [-0.3, -0.25) is 0 Å². The third-order valence-electron chi connectivity index (χ3n) is 5.22. The molecule has 3 N–H and O–H groups in total. The minimum Gasteiger partial charge on any atom is -0.494 e. The van der Waals surface area contributed by atoms with Crippen molar-refractivity contribution >= 4 is 0 Å². The molecule has 130 valence electrons. The lowest BCUT2D eigenvalue weighted by atomic mass is 9.84. The standard InChI is InChI=1S/C20H33NO2/c1-2-3-4-5-6-14-23-19-11-9-17(10-12-19)15-18-8-7-13-20(18,21)16-22/h9-12,18,22H,2-8,13-16,21H2,1H3/t18-,20+/m0/s1. The van der Waals surface area contributed by atoms with Crippen LogP contribution in [0.2, 0.25) is 0 Å². The van der Waals surface area contributed by atoms with Crippen LogP contribution in [0.15, 0.2) is 24.3 Å². The predicted octanol–water partition coefficient (Wildman–Crippen LogP) is 4.07. The molecule has 3 heteroatoms. The first kappa shape index (κ1) is 18.3. The molecule has 1 aliphatic carbocycles. The number of unbranched alkanes of at least 4 members (excludes halogenated alkanes) is 4. The molecule has 0 amide bonds. The molecule has 3 nitrogen and oxygen atoms in total. The molecule has 0 bridgehead atoms. The van der Waals surface area contributed by atoms with E-state index in [4.69, 9.17) is 10.5 Å². The van der Waals surface area contributed by atoms with Crippen molar-refractivity contribution in [2.45, 2.75) is 70.3 Å². The second-order valence-electron chi connectivity index (χ2n) is 7.09. The van der Waals surface area contributed by atoms with Crippen molar-refractivity contribution in [1.82, 2.24) is 0 Å². The maximum atomic E-state index is 9.55. The van der Waals surface area contributed by atoms with E-state index in [2.05, 4.69) is 31.2 Å². The van der Waals surface area contributed by atoms with Crippen LogP contribution >= 0.6 is 0 Å². The maximum Gasteiger partial charge on any atom is 0.119 e. The molecule has 1 saturated carbocycles. The lowest BCUT2D eigenvalue weighted by Gasteiger charge is -2.29. The SMILES string of the molecule is CCCCCCCOc1ccc(C[C@@H]2CCC[C@@]2(N)CO)cc1. The fraction of sp³-hybridized carbons (Fsp3) is 0.700. The van der Waals surface area contributed by atoms with Crippen LogP contribution in [0.3, 0.4) is 0 Å². The Hall–Kier alpha value is -1.06. The van der Waals surface area contributed by atoms with Crippen molar-refractivity contribution in [1.29, 1.82) is 0 Å². The van der Waals surface area contributed by atoms with E-state index < -0.39 is 0 Å². The molecule has 0 unspecified atom stereocenters. The number of rotatable bonds is 10. The van der Waals surface area contributed by atoms with Gasteiger partial charge in [0, 0.05) is 5.54 Å². The molecule has 23 heavy (non-hydrogen) atoms. The Morgan fingerprint density at radius 3 is 2.61 bits per heavy atom. The summed E-state index contributed by atoms with van der Waals surface area (Å²) in [6.07, 6.45) is 10.4. The monoisotopic (exact) mass is 319 g/mol. The first-order valence-corrected chi connectivity index (χ1v) is 9.29. The number of aliphatic hydroxyl groups is 1. The van der Waals surface area contributed by atoms with Crippen LogP contribution < -0.4 is 10.5 Å². The van der Waals surface area contributed by atoms with Crippen molar-refractivity contribution < 1.29 is 9.84 Å². The Morgan fingerprint density at radius 2 is 1.91 bits per heavy atom. The molecular weight excluding hydrogens is 286 g/mol. The quantitative estimate of drug-likeness (QED) is 0.639. The van der Waals surface area contributed by atoms with Gasteiger partial charge in [0.15, 0.2) is 0 Å². The van der Waals surface area contributed by atoms with E-state index >= 15 is 0 Å². The van der Waals surface area contributed by atoms with Crippen molar-refractivity contribution in [3.05, 3.63) is 29.8 Å². The lowest BCUT2D eigenvalue weighted by Crippen LogP contribution is -2.47. The van der Waals surface area contributed by atoms with Gasteiger partial charge in [0.25, 0.3) is 0 Å². The fourth-order valence-corrected chi connectivity index (χ4v) is 3.58. The van der Waals surface area contributed by atoms with Crippen LogP contribution in [-0.2, 0) is 6.42 Å². The molecular formula is C20H33NO2. The zero-order valence-corrected chi connectivity index (χ0v) is 14.6. The highest BCUT2D eigenvalue weighted by atomic mass is 16.5. The normalized spacial score (nSPS) is 24.0. The van der Waals surface area contributed by atoms with E-state index in [1.54, 1.807) is 0 Å². The van der Waals surface area contributed by atoms with Gasteiger partial charge in [0.1, 0.15) is 5.75 Å². The zero-order chi connectivity index (χ0) is 16.5. The lowest BCUT2D eigenvalue weighted by molar-refractivity contribution is 0.160. The molecule has 2 rings (SSSR count). The summed E-state index contributed by atoms with van der Waals surface area (Å²) in [5.41, 5.74) is 7.23. The van der Waals surface area contributed by atoms with Crippen LogP contribution in [-0.4, -0.2) is 23.9 Å². The zero-order valence-electron chi connectivity index (χ0n) is 14.6. The highest BCUT2D eigenvalue weighted by molar-refractivity contribution is 5.28. The topological polar surface area (TPSA) is 55.5 Å². The average Bonchev–Trinajstić information content (AvgIpc) is 2.94. The summed E-state index contributed by atoms with van der Waals surface area (Å²) >= 11 is 0. The predicted molar refractivity (Wildman–Crippen MR) is 95.7 cm³/mol. The number of ether oxygens (including phenoxy) is 1. The number of benzene rings is 1. The molecule has 0 aliphatic heterocycles.